The fraction of sp³-hybridized carbons (Fsp3) is 0.238. The van der Waals surface area contributed by atoms with Crippen molar-refractivity contribution < 1.29 is 14.3 Å². The number of rotatable bonds is 2. The Bertz CT molecular complexity index is 995. The number of benzene rings is 2. The predicted octanol–water partition coefficient (Wildman–Crippen LogP) is 5.02. The first-order valence-electron chi connectivity index (χ1n) is 8.28. The first-order chi connectivity index (χ1) is 12.3. The van der Waals surface area contributed by atoms with Gasteiger partial charge in [0.25, 0.3) is 5.91 Å². The number of halogens is 1. The molecule has 0 atom stereocenters. The van der Waals surface area contributed by atoms with Gasteiger partial charge in [-0.15, -0.1) is 0 Å². The summed E-state index contributed by atoms with van der Waals surface area (Å²) in [4.78, 5) is 25.6. The van der Waals surface area contributed by atoms with Crippen molar-refractivity contribution in [2.75, 3.05) is 7.11 Å². The first kappa shape index (κ1) is 18.6. The summed E-state index contributed by atoms with van der Waals surface area (Å²) in [6.45, 7) is 6.38. The van der Waals surface area contributed by atoms with Crippen LogP contribution in [-0.4, -0.2) is 23.6 Å². The molecule has 2 aromatic carbocycles. The van der Waals surface area contributed by atoms with E-state index in [1.165, 1.54) is 11.7 Å². The van der Waals surface area contributed by atoms with Gasteiger partial charge in [0.2, 0.25) is 0 Å². The molecule has 0 saturated carbocycles. The molecule has 4 nitrogen and oxygen atoms in total. The van der Waals surface area contributed by atoms with Gasteiger partial charge in [-0.1, -0.05) is 51.1 Å². The Labute approximate surface area is 166 Å². The van der Waals surface area contributed by atoms with E-state index in [1.807, 2.05) is 48.5 Å². The molecule has 0 N–H and O–H groups in total. The molecule has 0 amide bonds. The Morgan fingerprint density at radius 1 is 1.00 bits per heavy atom. The number of hydrogen-bond donors (Lipinski definition) is 0. The van der Waals surface area contributed by atoms with Gasteiger partial charge in [0.1, 0.15) is 5.69 Å². The van der Waals surface area contributed by atoms with E-state index < -0.39 is 5.97 Å². The van der Waals surface area contributed by atoms with Crippen LogP contribution in [0.1, 0.15) is 47.2 Å². The maximum Gasteiger partial charge on any atom is 0.356 e. The Kier molecular flexibility index (Phi) is 4.92. The fourth-order valence-electron chi connectivity index (χ4n) is 2.93. The highest BCUT2D eigenvalue weighted by atomic mass is 127. The molecule has 0 fully saturated rings. The number of nitrogens with zero attached hydrogens (tertiary/aromatic N) is 1. The topological polar surface area (TPSA) is 48.3 Å². The van der Waals surface area contributed by atoms with Gasteiger partial charge in [-0.3, -0.25) is 9.36 Å². The number of esters is 1. The van der Waals surface area contributed by atoms with Crippen molar-refractivity contribution in [3.8, 4) is 0 Å². The van der Waals surface area contributed by atoms with E-state index in [0.29, 0.717) is 14.7 Å². The second kappa shape index (κ2) is 6.87. The van der Waals surface area contributed by atoms with E-state index in [9.17, 15) is 9.59 Å². The van der Waals surface area contributed by atoms with Crippen molar-refractivity contribution in [1.82, 2.24) is 4.57 Å². The zero-order chi connectivity index (χ0) is 19.1. The number of hydrogen-bond acceptors (Lipinski definition) is 3. The molecule has 1 heterocycles. The Morgan fingerprint density at radius 2 is 1.62 bits per heavy atom. The van der Waals surface area contributed by atoms with Gasteiger partial charge in [-0.05, 0) is 51.8 Å². The Balaban J connectivity index is 2.18. The van der Waals surface area contributed by atoms with Gasteiger partial charge in [0.15, 0.2) is 0 Å². The molecule has 0 aliphatic heterocycles. The summed E-state index contributed by atoms with van der Waals surface area (Å²) in [6.07, 6.45) is 0. The third-order valence-electron chi connectivity index (χ3n) is 4.39. The lowest BCUT2D eigenvalue weighted by atomic mass is 9.86. The number of ether oxygens (including phenoxy) is 1. The average molecular weight is 461 g/mol. The zero-order valence-corrected chi connectivity index (χ0v) is 17.3. The van der Waals surface area contributed by atoms with E-state index in [4.69, 9.17) is 4.74 Å². The number of methoxy groups -OCH3 is 1. The van der Waals surface area contributed by atoms with Crippen LogP contribution in [-0.2, 0) is 10.2 Å². The summed E-state index contributed by atoms with van der Waals surface area (Å²) < 4.78 is 7.09. The van der Waals surface area contributed by atoms with Crippen LogP contribution in [0.15, 0.2) is 48.5 Å². The average Bonchev–Trinajstić information content (AvgIpc) is 2.93. The lowest BCUT2D eigenvalue weighted by Gasteiger charge is -2.19. The van der Waals surface area contributed by atoms with Crippen LogP contribution in [0.5, 0.6) is 0 Å². The van der Waals surface area contributed by atoms with Crippen LogP contribution in [0.2, 0.25) is 0 Å². The van der Waals surface area contributed by atoms with Gasteiger partial charge in [0.05, 0.1) is 16.2 Å². The summed E-state index contributed by atoms with van der Waals surface area (Å²) in [5, 5.41) is 0.855. The monoisotopic (exact) mass is 461 g/mol. The van der Waals surface area contributed by atoms with E-state index in [2.05, 4.69) is 43.4 Å². The summed E-state index contributed by atoms with van der Waals surface area (Å²) >= 11 is 2.09. The molecular formula is C21H20INO3. The molecule has 0 aliphatic rings. The molecule has 5 heteroatoms. The van der Waals surface area contributed by atoms with Crippen molar-refractivity contribution in [2.45, 2.75) is 26.2 Å². The summed E-state index contributed by atoms with van der Waals surface area (Å²) in [5.41, 5.74) is 2.64. The van der Waals surface area contributed by atoms with Gasteiger partial charge in [-0.2, -0.15) is 0 Å². The highest BCUT2D eigenvalue weighted by Crippen LogP contribution is 2.29. The van der Waals surface area contributed by atoms with Crippen LogP contribution in [0.3, 0.4) is 0 Å². The first-order valence-corrected chi connectivity index (χ1v) is 9.36. The zero-order valence-electron chi connectivity index (χ0n) is 15.2. The summed E-state index contributed by atoms with van der Waals surface area (Å²) in [6, 6.07) is 15.0. The molecule has 0 saturated heterocycles. The molecule has 0 aliphatic carbocycles. The molecule has 0 unspecified atom stereocenters. The Hall–Kier alpha value is -2.15. The maximum absolute atomic E-state index is 13.2. The molecule has 3 rings (SSSR count). The third kappa shape index (κ3) is 3.16. The normalized spacial score (nSPS) is 11.6. The minimum absolute atomic E-state index is 0.00821. The smallest absolute Gasteiger partial charge is 0.356 e. The minimum Gasteiger partial charge on any atom is -0.464 e. The maximum atomic E-state index is 13.2. The second-order valence-electron chi connectivity index (χ2n) is 7.14. The van der Waals surface area contributed by atoms with Gasteiger partial charge < -0.3 is 4.74 Å². The molecule has 1 aromatic heterocycles. The van der Waals surface area contributed by atoms with Crippen molar-refractivity contribution >= 4 is 45.4 Å². The SMILES string of the molecule is COC(=O)c1c(I)c2ccccc2n1C(=O)c1ccc(C(C)(C)C)cc1. The van der Waals surface area contributed by atoms with E-state index in [1.54, 1.807) is 0 Å². The van der Waals surface area contributed by atoms with Crippen LogP contribution < -0.4 is 0 Å². The van der Waals surface area contributed by atoms with Gasteiger partial charge in [-0.25, -0.2) is 4.79 Å². The third-order valence-corrected chi connectivity index (χ3v) is 5.48. The molecular weight excluding hydrogens is 441 g/mol. The van der Waals surface area contributed by atoms with E-state index >= 15 is 0 Å². The number of aromatic nitrogens is 1. The van der Waals surface area contributed by atoms with Crippen molar-refractivity contribution in [1.29, 1.82) is 0 Å². The number of para-hydroxylation sites is 1. The summed E-state index contributed by atoms with van der Waals surface area (Å²) in [5.74, 6) is -0.768. The number of fused-ring (bicyclic) bond motifs is 1. The van der Waals surface area contributed by atoms with Crippen LogP contribution in [0.25, 0.3) is 10.9 Å². The Morgan fingerprint density at radius 3 is 2.19 bits per heavy atom. The van der Waals surface area contributed by atoms with Crippen molar-refractivity contribution in [3.05, 3.63) is 68.9 Å². The molecule has 0 spiro atoms. The number of carbonyl (C=O) groups is 2. The molecule has 0 radical (unpaired) electrons. The van der Waals surface area contributed by atoms with Crippen molar-refractivity contribution in [2.24, 2.45) is 0 Å². The van der Waals surface area contributed by atoms with Gasteiger partial charge >= 0.3 is 5.97 Å². The fourth-order valence-corrected chi connectivity index (χ4v) is 3.85. The largest absolute Gasteiger partial charge is 0.464 e. The lowest BCUT2D eigenvalue weighted by molar-refractivity contribution is 0.0582. The molecule has 0 bridgehead atoms. The van der Waals surface area contributed by atoms with Crippen LogP contribution >= 0.6 is 22.6 Å². The molecule has 3 aromatic rings. The van der Waals surface area contributed by atoms with E-state index in [-0.39, 0.29) is 17.0 Å². The van der Waals surface area contributed by atoms with Crippen LogP contribution in [0.4, 0.5) is 0 Å². The van der Waals surface area contributed by atoms with Crippen molar-refractivity contribution in [3.63, 3.8) is 0 Å². The van der Waals surface area contributed by atoms with E-state index in [0.717, 1.165) is 10.9 Å². The standard InChI is InChI=1S/C21H20INO3/c1-21(2,3)14-11-9-13(10-12-14)19(24)23-16-8-6-5-7-15(16)17(22)18(23)20(25)26-4/h5-12H,1-4H3. The minimum atomic E-state index is -0.523. The number of carbonyl (C=O) groups excluding carboxylic acids is 2. The predicted molar refractivity (Wildman–Crippen MR) is 111 cm³/mol. The highest BCUT2D eigenvalue weighted by molar-refractivity contribution is 14.1. The van der Waals surface area contributed by atoms with Crippen LogP contribution in [0, 0.1) is 3.57 Å². The molecule has 134 valence electrons. The lowest BCUT2D eigenvalue weighted by Crippen LogP contribution is -2.20. The van der Waals surface area contributed by atoms with Gasteiger partial charge in [0, 0.05) is 10.9 Å². The quantitative estimate of drug-likeness (QED) is 0.398. The summed E-state index contributed by atoms with van der Waals surface area (Å²) in [7, 11) is 1.32. The molecule has 26 heavy (non-hydrogen) atoms. The second-order valence-corrected chi connectivity index (χ2v) is 8.22. The highest BCUT2D eigenvalue weighted by Gasteiger charge is 2.26.